The minimum Gasteiger partial charge on any atom is -0.309 e. The molecule has 0 fully saturated rings. The number of hydrogen-bond acceptors (Lipinski definition) is 2. The minimum absolute atomic E-state index is 0.248. The second-order valence-corrected chi connectivity index (χ2v) is 19.5. The van der Waals surface area contributed by atoms with Gasteiger partial charge in [0.1, 0.15) is 0 Å². The van der Waals surface area contributed by atoms with Crippen molar-refractivity contribution < 1.29 is 4.99 Å². The Hall–Kier alpha value is -9.06. The standard InChI is InChI=1S/C66H45N5/c1-40-30-31-45-38-54(48-23-10-9-22-47(48)53(45)36-40)66-68-64(42-17-3-2-4-18-42)67-65(69-66)51-33-35-57(50-25-12-11-24-49(50)51)71-59-29-15-28-58(63(59)55-37-43-19-5-6-20-44(43)39-61(55)71)70-56-27-14-13-26-52(56)62-46-21-8-7-16-41(46)32-34-60(62)70/h2-35,37-40,66H,36H2,1H3,(H,67,68,69)/p+1. The van der Waals surface area contributed by atoms with Crippen molar-refractivity contribution in [2.24, 2.45) is 10.9 Å². The molecule has 0 saturated carbocycles. The Bertz CT molecular complexity index is 4490. The highest BCUT2D eigenvalue weighted by Gasteiger charge is 2.32. The summed E-state index contributed by atoms with van der Waals surface area (Å²) in [6.45, 7) is 2.31. The van der Waals surface area contributed by atoms with Crippen LogP contribution in [0.15, 0.2) is 223 Å². The third-order valence-corrected chi connectivity index (χ3v) is 15.3. The molecule has 3 heterocycles. The first kappa shape index (κ1) is 39.9. The quantitative estimate of drug-likeness (QED) is 0.178. The number of rotatable bonds is 5. The number of allylic oxidation sites excluding steroid dienone is 1. The van der Waals surface area contributed by atoms with Crippen LogP contribution in [0.3, 0.4) is 0 Å². The van der Waals surface area contributed by atoms with E-state index in [0.29, 0.717) is 5.92 Å². The smallest absolute Gasteiger partial charge is 0.309 e. The van der Waals surface area contributed by atoms with Crippen LogP contribution < -0.4 is 10.3 Å². The maximum absolute atomic E-state index is 5.45. The molecule has 0 saturated heterocycles. The Balaban J connectivity index is 0.976. The zero-order chi connectivity index (χ0) is 46.7. The molecule has 11 aromatic carbocycles. The molecule has 0 bridgehead atoms. The van der Waals surface area contributed by atoms with Gasteiger partial charge in [0.05, 0.1) is 39.0 Å². The van der Waals surface area contributed by atoms with E-state index in [1.165, 1.54) is 81.6 Å². The second kappa shape index (κ2) is 15.5. The molecular formula is C66H46N5+. The molecule has 334 valence electrons. The molecule has 0 radical (unpaired) electrons. The van der Waals surface area contributed by atoms with E-state index < -0.39 is 0 Å². The van der Waals surface area contributed by atoms with Crippen molar-refractivity contribution in [3.8, 4) is 11.4 Å². The lowest BCUT2D eigenvalue weighted by Crippen LogP contribution is -2.80. The minimum atomic E-state index is -0.248. The van der Waals surface area contributed by atoms with Gasteiger partial charge in [-0.15, -0.1) is 0 Å². The number of hydrogen-bond donors (Lipinski definition) is 2. The van der Waals surface area contributed by atoms with Crippen molar-refractivity contribution in [3.05, 3.63) is 246 Å². The van der Waals surface area contributed by atoms with Crippen molar-refractivity contribution in [1.29, 1.82) is 0 Å². The van der Waals surface area contributed by atoms with E-state index in [1.54, 1.807) is 0 Å². The van der Waals surface area contributed by atoms with Gasteiger partial charge in [-0.05, 0) is 133 Å². The third-order valence-electron chi connectivity index (χ3n) is 15.3. The molecule has 1 aliphatic carbocycles. The summed E-state index contributed by atoms with van der Waals surface area (Å²) >= 11 is 0. The summed E-state index contributed by atoms with van der Waals surface area (Å²) in [7, 11) is 0. The number of aliphatic imine (C=N–C) groups is 1. The Morgan fingerprint density at radius 2 is 1.14 bits per heavy atom. The average molecular weight is 909 g/mol. The van der Waals surface area contributed by atoms with Crippen molar-refractivity contribution >= 4 is 104 Å². The molecule has 5 nitrogen and oxygen atoms in total. The molecule has 0 amide bonds. The van der Waals surface area contributed by atoms with Crippen molar-refractivity contribution in [2.45, 2.75) is 19.5 Å². The highest BCUT2D eigenvalue weighted by molar-refractivity contribution is 6.24. The molecule has 2 atom stereocenters. The largest absolute Gasteiger partial charge is 0.328 e. The second-order valence-electron chi connectivity index (χ2n) is 19.5. The summed E-state index contributed by atoms with van der Waals surface area (Å²) in [4.78, 5) is 9.42. The van der Waals surface area contributed by atoms with Crippen LogP contribution in [-0.4, -0.2) is 20.8 Å². The van der Waals surface area contributed by atoms with E-state index in [9.17, 15) is 0 Å². The Morgan fingerprint density at radius 3 is 1.99 bits per heavy atom. The summed E-state index contributed by atoms with van der Waals surface area (Å²) in [5, 5.41) is 18.6. The molecule has 71 heavy (non-hydrogen) atoms. The lowest BCUT2D eigenvalue weighted by Gasteiger charge is -2.24. The van der Waals surface area contributed by atoms with E-state index in [-0.39, 0.29) is 6.17 Å². The molecule has 1 aliphatic heterocycles. The van der Waals surface area contributed by atoms with Gasteiger partial charge in [-0.3, -0.25) is 0 Å². The maximum atomic E-state index is 5.45. The lowest BCUT2D eigenvalue weighted by molar-refractivity contribution is -0.516. The number of amidine groups is 2. The first-order valence-corrected chi connectivity index (χ1v) is 24.8. The number of para-hydroxylation sites is 1. The van der Waals surface area contributed by atoms with Crippen LogP contribution in [0, 0.1) is 5.92 Å². The van der Waals surface area contributed by atoms with Crippen molar-refractivity contribution in [3.63, 3.8) is 0 Å². The monoisotopic (exact) mass is 908 g/mol. The SMILES string of the molecule is CC1C=Cc2cc(C3NC(c4ccccc4)=NC(c4ccc(-n5c6cc7ccccc7cc6c6c(-n7c8ccccc8c8c9ccccc9ccc87)cccc65)c5ccccc45)=[NH+]3)c3ccccc3c2C1. The molecule has 2 unspecified atom stereocenters. The van der Waals surface area contributed by atoms with Gasteiger partial charge in [-0.25, -0.2) is 4.99 Å². The van der Waals surface area contributed by atoms with Crippen LogP contribution >= 0.6 is 0 Å². The summed E-state index contributed by atoms with van der Waals surface area (Å²) in [6, 6.07) is 77.9. The van der Waals surface area contributed by atoms with Crippen LogP contribution in [0.2, 0.25) is 0 Å². The first-order chi connectivity index (χ1) is 35.1. The Morgan fingerprint density at radius 1 is 0.479 bits per heavy atom. The fourth-order valence-corrected chi connectivity index (χ4v) is 12.1. The van der Waals surface area contributed by atoms with Crippen molar-refractivity contribution in [2.75, 3.05) is 0 Å². The normalized spacial score (nSPS) is 15.8. The topological polar surface area (TPSA) is 48.2 Å². The number of nitrogens with zero attached hydrogens (tertiary/aromatic N) is 3. The van der Waals surface area contributed by atoms with Gasteiger partial charge in [0.15, 0.2) is 6.17 Å². The zero-order valence-corrected chi connectivity index (χ0v) is 39.1. The highest BCUT2D eigenvalue weighted by atomic mass is 15.2. The summed E-state index contributed by atoms with van der Waals surface area (Å²) < 4.78 is 5.01. The first-order valence-electron chi connectivity index (χ1n) is 24.8. The fraction of sp³-hybridized carbons (Fsp3) is 0.0606. The van der Waals surface area contributed by atoms with E-state index in [1.807, 2.05) is 0 Å². The summed E-state index contributed by atoms with van der Waals surface area (Å²) in [5.74, 6) is 2.17. The van der Waals surface area contributed by atoms with Crippen LogP contribution in [-0.2, 0) is 6.42 Å². The maximum Gasteiger partial charge on any atom is 0.328 e. The molecule has 2 N–H and O–H groups in total. The Labute approximate surface area is 410 Å². The highest BCUT2D eigenvalue weighted by Crippen LogP contribution is 2.44. The molecule has 2 aliphatic rings. The summed E-state index contributed by atoms with van der Waals surface area (Å²) in [5.41, 5.74) is 13.0. The van der Waals surface area contributed by atoms with E-state index in [2.05, 4.69) is 251 Å². The van der Waals surface area contributed by atoms with Crippen LogP contribution in [0.25, 0.3) is 104 Å². The molecule has 2 aromatic heterocycles. The van der Waals surface area contributed by atoms with Gasteiger partial charge >= 0.3 is 5.84 Å². The van der Waals surface area contributed by atoms with E-state index in [4.69, 9.17) is 4.99 Å². The van der Waals surface area contributed by atoms with Crippen LogP contribution in [0.5, 0.6) is 0 Å². The number of benzene rings is 11. The molecule has 5 heteroatoms. The third kappa shape index (κ3) is 6.06. The van der Waals surface area contributed by atoms with E-state index in [0.717, 1.165) is 62.4 Å². The number of nitrogens with one attached hydrogen (secondary N) is 2. The predicted molar refractivity (Wildman–Crippen MR) is 297 cm³/mol. The molecule has 15 rings (SSSR count). The lowest BCUT2D eigenvalue weighted by atomic mass is 9.84. The molecule has 13 aromatic rings. The number of aromatic nitrogens is 2. The number of fused-ring (bicyclic) bond motifs is 13. The predicted octanol–water partition coefficient (Wildman–Crippen LogP) is 14.3. The van der Waals surface area contributed by atoms with Gasteiger partial charge in [0, 0.05) is 38.1 Å². The fourth-order valence-electron chi connectivity index (χ4n) is 12.1. The van der Waals surface area contributed by atoms with Gasteiger partial charge < -0.3 is 14.5 Å². The van der Waals surface area contributed by atoms with E-state index >= 15 is 0 Å². The van der Waals surface area contributed by atoms with Crippen LogP contribution in [0.4, 0.5) is 0 Å². The van der Waals surface area contributed by atoms with Crippen molar-refractivity contribution in [1.82, 2.24) is 14.5 Å². The van der Waals surface area contributed by atoms with Crippen LogP contribution in [0.1, 0.15) is 40.9 Å². The summed E-state index contributed by atoms with van der Waals surface area (Å²) in [6.07, 6.45) is 5.45. The molecular weight excluding hydrogens is 863 g/mol. The Kier molecular flexibility index (Phi) is 8.69. The van der Waals surface area contributed by atoms with Gasteiger partial charge in [0.25, 0.3) is 5.84 Å². The van der Waals surface area contributed by atoms with Gasteiger partial charge in [-0.1, -0.05) is 165 Å². The molecule has 0 spiro atoms. The van der Waals surface area contributed by atoms with Gasteiger partial charge in [-0.2, -0.15) is 0 Å². The van der Waals surface area contributed by atoms with Gasteiger partial charge in [0.2, 0.25) is 0 Å². The zero-order valence-electron chi connectivity index (χ0n) is 39.1. The average Bonchev–Trinajstić information content (AvgIpc) is 3.94.